The lowest BCUT2D eigenvalue weighted by molar-refractivity contribution is -0.122. The molecule has 0 saturated heterocycles. The number of pyridine rings is 1. The number of hydrogen-bond donors (Lipinski definition) is 2. The second kappa shape index (κ2) is 9.44. The number of amides is 2. The van der Waals surface area contributed by atoms with Gasteiger partial charge in [0.05, 0.1) is 0 Å². The molecule has 2 aromatic carbocycles. The van der Waals surface area contributed by atoms with E-state index in [1.165, 1.54) is 4.57 Å². The average molecular weight is 449 g/mol. The molecule has 4 rings (SSSR count). The molecular weight excluding hydrogens is 428 g/mol. The van der Waals surface area contributed by atoms with Gasteiger partial charge in [0.25, 0.3) is 11.8 Å². The van der Waals surface area contributed by atoms with E-state index in [4.69, 9.17) is 4.74 Å². The summed E-state index contributed by atoms with van der Waals surface area (Å²) in [5, 5.41) is 2.68. The molecule has 0 saturated carbocycles. The molecule has 0 fully saturated rings. The van der Waals surface area contributed by atoms with Crippen LogP contribution in [0.15, 0.2) is 71.0 Å². The van der Waals surface area contributed by atoms with Crippen molar-refractivity contribution in [3.8, 4) is 5.75 Å². The first-order valence-corrected chi connectivity index (χ1v) is 10.7. The van der Waals surface area contributed by atoms with Gasteiger partial charge in [-0.3, -0.25) is 34.8 Å². The number of hydrogen-bond acceptors (Lipinski definition) is 6. The van der Waals surface area contributed by atoms with Crippen molar-refractivity contribution in [2.24, 2.45) is 0 Å². The molecule has 0 unspecified atom stereocenters. The number of ether oxygens (including phenoxy) is 1. The van der Waals surface area contributed by atoms with Crippen LogP contribution in [0.5, 0.6) is 5.75 Å². The number of benzene rings is 2. The van der Waals surface area contributed by atoms with E-state index in [1.54, 1.807) is 42.8 Å². The Balaban J connectivity index is 1.31. The van der Waals surface area contributed by atoms with Crippen LogP contribution in [0.25, 0.3) is 10.9 Å². The van der Waals surface area contributed by atoms with E-state index in [1.807, 2.05) is 30.3 Å². The number of carbonyl (C=O) groups excluding carboxylic acids is 2. The normalized spacial score (nSPS) is 10.7. The molecule has 162 valence electrons. The molecule has 2 heterocycles. The number of thiazole rings is 1. The number of hydrazine groups is 1. The molecule has 2 N–H and O–H groups in total. The van der Waals surface area contributed by atoms with E-state index in [2.05, 4.69) is 15.8 Å². The van der Waals surface area contributed by atoms with E-state index in [0.717, 1.165) is 27.8 Å². The Kier molecular flexibility index (Phi) is 6.27. The van der Waals surface area contributed by atoms with E-state index in [-0.39, 0.29) is 11.4 Å². The van der Waals surface area contributed by atoms with Gasteiger partial charge in [-0.05, 0) is 36.8 Å². The summed E-state index contributed by atoms with van der Waals surface area (Å²) in [4.78, 5) is 40.1. The monoisotopic (exact) mass is 448 g/mol. The molecule has 9 heteroatoms. The lowest BCUT2D eigenvalue weighted by Gasteiger charge is -2.10. The van der Waals surface area contributed by atoms with Gasteiger partial charge >= 0.3 is 4.87 Å². The summed E-state index contributed by atoms with van der Waals surface area (Å²) >= 11 is 1.02. The molecule has 2 aromatic heterocycles. The number of para-hydroxylation sites is 1. The van der Waals surface area contributed by atoms with Crippen LogP contribution in [0.1, 0.15) is 21.6 Å². The highest BCUT2D eigenvalue weighted by Crippen LogP contribution is 2.23. The van der Waals surface area contributed by atoms with Crippen LogP contribution in [-0.2, 0) is 17.9 Å². The SMILES string of the molecule is Cc1csc(=O)n1CC(=O)NNC(=O)c1ccc(COc2cccc3cccnc23)cc1. The summed E-state index contributed by atoms with van der Waals surface area (Å²) in [5.41, 5.74) is 7.43. The van der Waals surface area contributed by atoms with Gasteiger partial charge in [-0.1, -0.05) is 41.7 Å². The van der Waals surface area contributed by atoms with Crippen molar-refractivity contribution in [2.75, 3.05) is 0 Å². The molecule has 0 atom stereocenters. The van der Waals surface area contributed by atoms with Crippen LogP contribution in [0.3, 0.4) is 0 Å². The van der Waals surface area contributed by atoms with E-state index >= 15 is 0 Å². The minimum absolute atomic E-state index is 0.159. The summed E-state index contributed by atoms with van der Waals surface area (Å²) in [5.74, 6) is -0.262. The highest BCUT2D eigenvalue weighted by atomic mass is 32.1. The van der Waals surface area contributed by atoms with E-state index < -0.39 is 11.8 Å². The molecule has 0 aliphatic carbocycles. The van der Waals surface area contributed by atoms with E-state index in [9.17, 15) is 14.4 Å². The van der Waals surface area contributed by atoms with Gasteiger partial charge < -0.3 is 4.74 Å². The van der Waals surface area contributed by atoms with E-state index in [0.29, 0.717) is 23.6 Å². The Morgan fingerprint density at radius 1 is 1.06 bits per heavy atom. The second-order valence-corrected chi connectivity index (χ2v) is 7.87. The molecule has 4 aromatic rings. The van der Waals surface area contributed by atoms with Crippen molar-refractivity contribution >= 4 is 34.1 Å². The number of rotatable bonds is 6. The fourth-order valence-corrected chi connectivity index (χ4v) is 3.82. The predicted octanol–water partition coefficient (Wildman–Crippen LogP) is 2.81. The lowest BCUT2D eigenvalue weighted by atomic mass is 10.1. The van der Waals surface area contributed by atoms with Crippen molar-refractivity contribution in [3.05, 3.63) is 92.7 Å². The van der Waals surface area contributed by atoms with Crippen molar-refractivity contribution in [1.29, 1.82) is 0 Å². The highest BCUT2D eigenvalue weighted by molar-refractivity contribution is 7.07. The minimum atomic E-state index is -0.490. The topological polar surface area (TPSA) is 102 Å². The Hall–Kier alpha value is -3.98. The molecule has 0 aliphatic rings. The summed E-state index contributed by atoms with van der Waals surface area (Å²) in [6.07, 6.45) is 1.72. The maximum Gasteiger partial charge on any atom is 0.307 e. The quantitative estimate of drug-likeness (QED) is 0.442. The Morgan fingerprint density at radius 2 is 1.84 bits per heavy atom. The van der Waals surface area contributed by atoms with Gasteiger partial charge in [0.15, 0.2) is 0 Å². The van der Waals surface area contributed by atoms with Crippen LogP contribution >= 0.6 is 11.3 Å². The maximum absolute atomic E-state index is 12.3. The number of fused-ring (bicyclic) bond motifs is 1. The molecule has 0 bridgehead atoms. The number of aryl methyl sites for hydroxylation is 1. The Bertz CT molecular complexity index is 1320. The van der Waals surface area contributed by atoms with Crippen LogP contribution in [0.2, 0.25) is 0 Å². The largest absolute Gasteiger partial charge is 0.487 e. The molecule has 32 heavy (non-hydrogen) atoms. The van der Waals surface area contributed by atoms with Crippen molar-refractivity contribution in [3.63, 3.8) is 0 Å². The van der Waals surface area contributed by atoms with Gasteiger partial charge in [0.2, 0.25) is 0 Å². The zero-order valence-corrected chi connectivity index (χ0v) is 18.0. The Morgan fingerprint density at radius 3 is 2.59 bits per heavy atom. The molecule has 0 radical (unpaired) electrons. The third-order valence-corrected chi connectivity index (χ3v) is 5.68. The van der Waals surface area contributed by atoms with Crippen molar-refractivity contribution in [2.45, 2.75) is 20.1 Å². The number of nitrogens with zero attached hydrogens (tertiary/aromatic N) is 2. The Labute approximate surface area is 187 Å². The standard InChI is InChI=1S/C23H20N4O4S/c1-15-14-32-23(30)27(15)12-20(28)25-26-22(29)18-9-7-16(8-10-18)13-31-19-6-2-4-17-5-3-11-24-21(17)19/h2-11,14H,12-13H2,1H3,(H,25,28)(H,26,29). The summed E-state index contributed by atoms with van der Waals surface area (Å²) in [7, 11) is 0. The zero-order chi connectivity index (χ0) is 22.5. The maximum atomic E-state index is 12.3. The van der Waals surface area contributed by atoms with Crippen molar-refractivity contribution in [1.82, 2.24) is 20.4 Å². The summed E-state index contributed by atoms with van der Waals surface area (Å²) in [6, 6.07) is 16.5. The smallest absolute Gasteiger partial charge is 0.307 e. The van der Waals surface area contributed by atoms with Gasteiger partial charge in [0, 0.05) is 28.2 Å². The second-order valence-electron chi connectivity index (χ2n) is 7.05. The fraction of sp³-hybridized carbons (Fsp3) is 0.130. The number of carbonyl (C=O) groups is 2. The summed E-state index contributed by atoms with van der Waals surface area (Å²) in [6.45, 7) is 1.91. The zero-order valence-electron chi connectivity index (χ0n) is 17.2. The molecule has 2 amide bonds. The first kappa shape index (κ1) is 21.3. The fourth-order valence-electron chi connectivity index (χ4n) is 3.08. The lowest BCUT2D eigenvalue weighted by Crippen LogP contribution is -2.44. The summed E-state index contributed by atoms with van der Waals surface area (Å²) < 4.78 is 7.25. The number of aromatic nitrogens is 2. The van der Waals surface area contributed by atoms with Crippen LogP contribution < -0.4 is 20.5 Å². The van der Waals surface area contributed by atoms with Crippen LogP contribution in [-0.4, -0.2) is 21.4 Å². The molecule has 0 aliphatic heterocycles. The van der Waals surface area contributed by atoms with Crippen LogP contribution in [0.4, 0.5) is 0 Å². The predicted molar refractivity (Wildman–Crippen MR) is 121 cm³/mol. The van der Waals surface area contributed by atoms with Gasteiger partial charge in [-0.2, -0.15) is 0 Å². The van der Waals surface area contributed by atoms with Crippen molar-refractivity contribution < 1.29 is 14.3 Å². The van der Waals surface area contributed by atoms with Crippen LogP contribution in [0, 0.1) is 6.92 Å². The third-order valence-electron chi connectivity index (χ3n) is 4.80. The third kappa shape index (κ3) is 4.84. The molecular formula is C23H20N4O4S. The first-order valence-electron chi connectivity index (χ1n) is 9.81. The number of nitrogens with one attached hydrogen (secondary N) is 2. The minimum Gasteiger partial charge on any atom is -0.487 e. The molecule has 0 spiro atoms. The van der Waals surface area contributed by atoms with Gasteiger partial charge in [-0.15, -0.1) is 0 Å². The van der Waals surface area contributed by atoms with Gasteiger partial charge in [0.1, 0.15) is 24.4 Å². The van der Waals surface area contributed by atoms with Gasteiger partial charge in [-0.25, -0.2) is 0 Å². The highest BCUT2D eigenvalue weighted by Gasteiger charge is 2.11. The first-order chi connectivity index (χ1) is 15.5. The molecule has 8 nitrogen and oxygen atoms in total. The average Bonchev–Trinajstić information content (AvgIpc) is 3.13.